The highest BCUT2D eigenvalue weighted by molar-refractivity contribution is 5.98. The zero-order valence-electron chi connectivity index (χ0n) is 21.0. The largest absolute Gasteiger partial charge is 0.489 e. The van der Waals surface area contributed by atoms with Gasteiger partial charge < -0.3 is 20.3 Å². The Labute approximate surface area is 203 Å². The topological polar surface area (TPSA) is 71.2 Å². The summed E-state index contributed by atoms with van der Waals surface area (Å²) in [4.78, 5) is 22.1. The van der Waals surface area contributed by atoms with E-state index in [2.05, 4.69) is 50.8 Å². The quantitative estimate of drug-likeness (QED) is 0.665. The lowest BCUT2D eigenvalue weighted by atomic mass is 9.99. The zero-order chi connectivity index (χ0) is 24.4. The molecule has 34 heavy (non-hydrogen) atoms. The van der Waals surface area contributed by atoms with Crippen LogP contribution in [-0.4, -0.2) is 56.4 Å². The molecule has 2 aliphatic heterocycles. The summed E-state index contributed by atoms with van der Waals surface area (Å²) in [6.07, 6.45) is 5.92. The van der Waals surface area contributed by atoms with Crippen LogP contribution >= 0.6 is 0 Å². The Bertz CT molecular complexity index is 1150. The molecule has 6 heteroatoms. The molecule has 4 rings (SSSR count). The number of allylic oxidation sites excluding steroid dienone is 1. The number of anilines is 1. The number of likely N-dealkylation sites (N-methyl/N-ethyl adjacent to an activating group) is 1. The van der Waals surface area contributed by atoms with Crippen LogP contribution in [0.2, 0.25) is 0 Å². The molecule has 0 radical (unpaired) electrons. The molecule has 2 heterocycles. The zero-order valence-corrected chi connectivity index (χ0v) is 21.0. The van der Waals surface area contributed by atoms with Crippen molar-refractivity contribution < 1.29 is 9.53 Å². The second-order valence-corrected chi connectivity index (χ2v) is 9.71. The van der Waals surface area contributed by atoms with Crippen LogP contribution in [0.4, 0.5) is 11.4 Å². The maximum atomic E-state index is 13.3. The molecule has 0 spiro atoms. The van der Waals surface area contributed by atoms with Crippen molar-refractivity contribution in [1.82, 2.24) is 4.90 Å². The second-order valence-electron chi connectivity index (χ2n) is 9.71. The number of hydrogen-bond donors (Lipinski definition) is 1. The summed E-state index contributed by atoms with van der Waals surface area (Å²) in [7, 11) is 2.03. The van der Waals surface area contributed by atoms with Gasteiger partial charge in [0.25, 0.3) is 5.91 Å². The average molecular weight is 461 g/mol. The maximum absolute atomic E-state index is 13.3. The van der Waals surface area contributed by atoms with Crippen molar-refractivity contribution in [2.45, 2.75) is 46.6 Å². The minimum atomic E-state index is -0.00996. The summed E-state index contributed by atoms with van der Waals surface area (Å²) in [5.74, 6) is 0.698. The predicted octanol–water partition coefficient (Wildman–Crippen LogP) is 4.81. The molecule has 0 saturated carbocycles. The number of carbonyl (C=O) groups is 1. The van der Waals surface area contributed by atoms with Crippen LogP contribution in [0.25, 0.3) is 6.08 Å². The monoisotopic (exact) mass is 460 g/mol. The number of ether oxygens (including phenoxy) is 1. The first-order chi connectivity index (χ1) is 16.2. The summed E-state index contributed by atoms with van der Waals surface area (Å²) in [5.41, 5.74) is 14.4. The van der Waals surface area contributed by atoms with Crippen molar-refractivity contribution in [1.29, 1.82) is 0 Å². The number of aliphatic imine (C=N–C) groups is 1. The minimum absolute atomic E-state index is 0.00996. The summed E-state index contributed by atoms with van der Waals surface area (Å²) in [6.45, 7) is 11.1. The van der Waals surface area contributed by atoms with E-state index in [-0.39, 0.29) is 11.9 Å². The molecule has 0 bridgehead atoms. The van der Waals surface area contributed by atoms with Crippen LogP contribution in [0.1, 0.15) is 52.4 Å². The van der Waals surface area contributed by atoms with E-state index in [0.717, 1.165) is 42.9 Å². The van der Waals surface area contributed by atoms with E-state index in [1.54, 1.807) is 0 Å². The van der Waals surface area contributed by atoms with E-state index in [1.807, 2.05) is 30.3 Å². The first-order valence-corrected chi connectivity index (χ1v) is 12.1. The van der Waals surface area contributed by atoms with Gasteiger partial charge in [-0.1, -0.05) is 18.2 Å². The smallest absolute Gasteiger partial charge is 0.254 e. The van der Waals surface area contributed by atoms with Crippen LogP contribution in [-0.2, 0) is 0 Å². The second kappa shape index (κ2) is 10.0. The molecule has 0 aromatic heterocycles. The van der Waals surface area contributed by atoms with Crippen molar-refractivity contribution in [3.63, 3.8) is 0 Å². The van der Waals surface area contributed by atoms with E-state index in [1.165, 1.54) is 22.3 Å². The van der Waals surface area contributed by atoms with Gasteiger partial charge >= 0.3 is 0 Å². The third-order valence-electron chi connectivity index (χ3n) is 6.79. The molecule has 2 N–H and O–H groups in total. The number of nitrogens with two attached hydrogens (primary N) is 1. The molecule has 180 valence electrons. The van der Waals surface area contributed by atoms with Crippen LogP contribution < -0.4 is 15.4 Å². The Kier molecular flexibility index (Phi) is 7.08. The Morgan fingerprint density at radius 1 is 1.12 bits per heavy atom. The number of hydrogen-bond acceptors (Lipinski definition) is 5. The van der Waals surface area contributed by atoms with E-state index >= 15 is 0 Å². The molecule has 1 atom stereocenters. The molecule has 2 aromatic carbocycles. The number of nitrogens with zero attached hydrogens (tertiary/aromatic N) is 3. The lowest BCUT2D eigenvalue weighted by Gasteiger charge is -2.32. The van der Waals surface area contributed by atoms with Gasteiger partial charge in [-0.2, -0.15) is 0 Å². The Hall–Kier alpha value is -3.12. The van der Waals surface area contributed by atoms with Gasteiger partial charge in [-0.05, 0) is 80.5 Å². The first-order valence-electron chi connectivity index (χ1n) is 12.1. The summed E-state index contributed by atoms with van der Waals surface area (Å²) >= 11 is 0. The normalized spacial score (nSPS) is 18.8. The van der Waals surface area contributed by atoms with Crippen LogP contribution in [0.5, 0.6) is 5.75 Å². The number of fused-ring (bicyclic) bond motifs is 1. The molecule has 1 unspecified atom stereocenters. The fourth-order valence-corrected chi connectivity index (χ4v) is 4.68. The number of rotatable bonds is 4. The number of carbonyl (C=O) groups excluding carboxylic acids is 1. The van der Waals surface area contributed by atoms with Gasteiger partial charge in [0, 0.05) is 38.0 Å². The third kappa shape index (κ3) is 5.17. The SMILES string of the molecule is C/C(C=Nc1cc(C(=O)N2CCCC(N)C2)cc2c1N(C)CCO2)=C\c1cc(C)c(C)cc1C. The number of likely N-dealkylation sites (tertiary alicyclic amines) is 1. The Balaban J connectivity index is 1.67. The Morgan fingerprint density at radius 3 is 2.65 bits per heavy atom. The maximum Gasteiger partial charge on any atom is 0.254 e. The molecule has 6 nitrogen and oxygen atoms in total. The molecular formula is C28H36N4O2. The molecule has 2 aromatic rings. The van der Waals surface area contributed by atoms with Gasteiger partial charge in [-0.25, -0.2) is 0 Å². The van der Waals surface area contributed by atoms with E-state index < -0.39 is 0 Å². The molecule has 2 aliphatic rings. The number of benzene rings is 2. The standard InChI is InChI=1S/C28H36N4O2/c1-18(11-22-13-20(3)19(2)12-21(22)4)16-30-25-14-23(15-26-27(25)31(5)9-10-34-26)28(33)32-8-6-7-24(29)17-32/h11-16,24H,6-10,17,29H2,1-5H3/b18-11+,30-16?. The highest BCUT2D eigenvalue weighted by Gasteiger charge is 2.26. The molecule has 1 amide bonds. The van der Waals surface area contributed by atoms with E-state index in [9.17, 15) is 4.79 Å². The van der Waals surface area contributed by atoms with Crippen LogP contribution in [0.3, 0.4) is 0 Å². The Morgan fingerprint density at radius 2 is 1.88 bits per heavy atom. The van der Waals surface area contributed by atoms with Crippen molar-refractivity contribution in [3.8, 4) is 5.75 Å². The number of amides is 1. The van der Waals surface area contributed by atoms with E-state index in [0.29, 0.717) is 24.5 Å². The van der Waals surface area contributed by atoms with Gasteiger partial charge in [0.05, 0.1) is 12.2 Å². The summed E-state index contributed by atoms with van der Waals surface area (Å²) < 4.78 is 5.95. The predicted molar refractivity (Wildman–Crippen MR) is 141 cm³/mol. The van der Waals surface area contributed by atoms with Gasteiger partial charge in [-0.15, -0.1) is 0 Å². The number of piperidine rings is 1. The third-order valence-corrected chi connectivity index (χ3v) is 6.79. The first kappa shape index (κ1) is 24.0. The minimum Gasteiger partial charge on any atom is -0.489 e. The summed E-state index contributed by atoms with van der Waals surface area (Å²) in [6, 6.07) is 8.21. The van der Waals surface area contributed by atoms with Gasteiger partial charge in [0.1, 0.15) is 18.0 Å². The van der Waals surface area contributed by atoms with Crippen LogP contribution in [0, 0.1) is 20.8 Å². The molecular weight excluding hydrogens is 424 g/mol. The van der Waals surface area contributed by atoms with Crippen molar-refractivity contribution in [2.24, 2.45) is 10.7 Å². The van der Waals surface area contributed by atoms with Crippen LogP contribution in [0.15, 0.2) is 34.8 Å². The summed E-state index contributed by atoms with van der Waals surface area (Å²) in [5, 5.41) is 0. The average Bonchev–Trinajstić information content (AvgIpc) is 2.80. The van der Waals surface area contributed by atoms with Crippen molar-refractivity contribution >= 4 is 29.6 Å². The van der Waals surface area contributed by atoms with Gasteiger partial charge in [0.2, 0.25) is 0 Å². The van der Waals surface area contributed by atoms with E-state index in [4.69, 9.17) is 15.5 Å². The molecule has 1 saturated heterocycles. The molecule has 1 fully saturated rings. The lowest BCUT2D eigenvalue weighted by Crippen LogP contribution is -2.45. The van der Waals surface area contributed by atoms with Gasteiger partial charge in [-0.3, -0.25) is 9.79 Å². The fraction of sp³-hybridized carbons (Fsp3) is 0.429. The number of aryl methyl sites for hydroxylation is 3. The highest BCUT2D eigenvalue weighted by atomic mass is 16.5. The highest BCUT2D eigenvalue weighted by Crippen LogP contribution is 2.41. The fourth-order valence-electron chi connectivity index (χ4n) is 4.68. The van der Waals surface area contributed by atoms with Crippen molar-refractivity contribution in [3.05, 3.63) is 57.7 Å². The van der Waals surface area contributed by atoms with Crippen molar-refractivity contribution in [2.75, 3.05) is 38.2 Å². The van der Waals surface area contributed by atoms with Gasteiger partial charge in [0.15, 0.2) is 0 Å². The lowest BCUT2D eigenvalue weighted by molar-refractivity contribution is 0.0708. The molecule has 0 aliphatic carbocycles.